The van der Waals surface area contributed by atoms with Crippen molar-refractivity contribution in [2.45, 2.75) is 51.4 Å². The van der Waals surface area contributed by atoms with Gasteiger partial charge in [0.2, 0.25) is 6.79 Å². The molecule has 1 aromatic carbocycles. The van der Waals surface area contributed by atoms with Crippen molar-refractivity contribution in [1.82, 2.24) is 0 Å². The topological polar surface area (TPSA) is 36.9 Å². The van der Waals surface area contributed by atoms with E-state index in [2.05, 4.69) is 13.0 Å². The molecule has 2 heterocycles. The van der Waals surface area contributed by atoms with E-state index in [-0.39, 0.29) is 6.10 Å². The SMILES string of the molecule is CCCCC1(C)OCC(Cc2ccc3c(c2)OCO3)O1. The summed E-state index contributed by atoms with van der Waals surface area (Å²) in [6.07, 6.45) is 4.22. The first kappa shape index (κ1) is 13.7. The van der Waals surface area contributed by atoms with Crippen LogP contribution in [0.25, 0.3) is 0 Å². The van der Waals surface area contributed by atoms with Crippen LogP contribution in [0.4, 0.5) is 0 Å². The van der Waals surface area contributed by atoms with E-state index in [1.165, 1.54) is 5.56 Å². The zero-order valence-electron chi connectivity index (χ0n) is 12.2. The maximum absolute atomic E-state index is 6.08. The highest BCUT2D eigenvalue weighted by Crippen LogP contribution is 2.34. The number of benzene rings is 1. The Morgan fingerprint density at radius 1 is 1.25 bits per heavy atom. The molecule has 0 spiro atoms. The fourth-order valence-electron chi connectivity index (χ4n) is 2.75. The summed E-state index contributed by atoms with van der Waals surface area (Å²) in [5.74, 6) is 1.25. The van der Waals surface area contributed by atoms with Crippen LogP contribution in [-0.4, -0.2) is 25.3 Å². The van der Waals surface area contributed by atoms with Gasteiger partial charge in [-0.05, 0) is 31.0 Å². The Morgan fingerprint density at radius 2 is 2.10 bits per heavy atom. The van der Waals surface area contributed by atoms with Crippen LogP contribution in [0, 0.1) is 0 Å². The monoisotopic (exact) mass is 278 g/mol. The van der Waals surface area contributed by atoms with Crippen LogP contribution in [0.5, 0.6) is 11.5 Å². The molecule has 1 fully saturated rings. The molecule has 2 atom stereocenters. The molecule has 3 rings (SSSR count). The zero-order chi connectivity index (χ0) is 14.0. The number of rotatable bonds is 5. The molecule has 4 heteroatoms. The lowest BCUT2D eigenvalue weighted by molar-refractivity contribution is -0.158. The molecule has 2 unspecified atom stereocenters. The largest absolute Gasteiger partial charge is 0.454 e. The quantitative estimate of drug-likeness (QED) is 0.828. The maximum Gasteiger partial charge on any atom is 0.231 e. The van der Waals surface area contributed by atoms with Crippen molar-refractivity contribution >= 4 is 0 Å². The molecule has 4 nitrogen and oxygen atoms in total. The molecule has 0 radical (unpaired) electrons. The first-order valence-electron chi connectivity index (χ1n) is 7.39. The molecule has 0 amide bonds. The minimum atomic E-state index is -0.406. The van der Waals surface area contributed by atoms with E-state index in [0.29, 0.717) is 13.4 Å². The fourth-order valence-corrected chi connectivity index (χ4v) is 2.75. The first-order chi connectivity index (χ1) is 9.68. The highest BCUT2D eigenvalue weighted by atomic mass is 16.7. The molecule has 1 saturated heterocycles. The lowest BCUT2D eigenvalue weighted by atomic mass is 10.1. The van der Waals surface area contributed by atoms with E-state index in [1.54, 1.807) is 0 Å². The number of ether oxygens (including phenoxy) is 4. The van der Waals surface area contributed by atoms with Gasteiger partial charge in [0, 0.05) is 12.8 Å². The van der Waals surface area contributed by atoms with Crippen molar-refractivity contribution < 1.29 is 18.9 Å². The molecular formula is C16H22O4. The zero-order valence-corrected chi connectivity index (χ0v) is 12.2. The van der Waals surface area contributed by atoms with Gasteiger partial charge in [0.15, 0.2) is 17.3 Å². The first-order valence-corrected chi connectivity index (χ1v) is 7.39. The predicted molar refractivity (Wildman–Crippen MR) is 75.0 cm³/mol. The van der Waals surface area contributed by atoms with E-state index < -0.39 is 5.79 Å². The van der Waals surface area contributed by atoms with E-state index in [0.717, 1.165) is 37.2 Å². The molecule has 2 aliphatic rings. The Hall–Kier alpha value is -1.26. The smallest absolute Gasteiger partial charge is 0.231 e. The Morgan fingerprint density at radius 3 is 2.95 bits per heavy atom. The minimum absolute atomic E-state index is 0.122. The Balaban J connectivity index is 1.59. The average molecular weight is 278 g/mol. The third-order valence-corrected chi connectivity index (χ3v) is 3.88. The van der Waals surface area contributed by atoms with Crippen molar-refractivity contribution in [2.75, 3.05) is 13.4 Å². The van der Waals surface area contributed by atoms with Crippen LogP contribution in [0.1, 0.15) is 38.7 Å². The number of fused-ring (bicyclic) bond motifs is 1. The van der Waals surface area contributed by atoms with E-state index in [9.17, 15) is 0 Å². The van der Waals surface area contributed by atoms with Gasteiger partial charge >= 0.3 is 0 Å². The summed E-state index contributed by atoms with van der Waals surface area (Å²) in [5.41, 5.74) is 1.20. The van der Waals surface area contributed by atoms with Crippen LogP contribution in [-0.2, 0) is 15.9 Å². The third kappa shape index (κ3) is 2.91. The molecule has 0 saturated carbocycles. The second-order valence-electron chi connectivity index (χ2n) is 5.68. The lowest BCUT2D eigenvalue weighted by Gasteiger charge is -2.23. The summed E-state index contributed by atoms with van der Waals surface area (Å²) < 4.78 is 22.6. The molecule has 2 aliphatic heterocycles. The summed E-state index contributed by atoms with van der Waals surface area (Å²) in [5, 5.41) is 0. The normalized spacial score (nSPS) is 28.0. The van der Waals surface area contributed by atoms with Gasteiger partial charge < -0.3 is 18.9 Å². The van der Waals surface area contributed by atoms with Crippen LogP contribution < -0.4 is 9.47 Å². The van der Waals surface area contributed by atoms with Crippen LogP contribution >= 0.6 is 0 Å². The lowest BCUT2D eigenvalue weighted by Crippen LogP contribution is -2.27. The Labute approximate surface area is 120 Å². The van der Waals surface area contributed by atoms with Gasteiger partial charge in [-0.3, -0.25) is 0 Å². The highest BCUT2D eigenvalue weighted by Gasteiger charge is 2.36. The number of unbranched alkanes of at least 4 members (excludes halogenated alkanes) is 1. The fraction of sp³-hybridized carbons (Fsp3) is 0.625. The number of hydrogen-bond acceptors (Lipinski definition) is 4. The second kappa shape index (κ2) is 5.62. The summed E-state index contributed by atoms with van der Waals surface area (Å²) in [4.78, 5) is 0. The van der Waals surface area contributed by atoms with E-state index in [4.69, 9.17) is 18.9 Å². The standard InChI is InChI=1S/C16H22O4/c1-3-4-7-16(2)19-10-13(20-16)8-12-5-6-14-15(9-12)18-11-17-14/h5-6,9,13H,3-4,7-8,10-11H2,1-2H3. The maximum atomic E-state index is 6.08. The van der Waals surface area contributed by atoms with Crippen LogP contribution in [0.2, 0.25) is 0 Å². The van der Waals surface area contributed by atoms with Crippen molar-refractivity contribution in [3.63, 3.8) is 0 Å². The van der Waals surface area contributed by atoms with Crippen LogP contribution in [0.3, 0.4) is 0 Å². The summed E-state index contributed by atoms with van der Waals surface area (Å²) >= 11 is 0. The van der Waals surface area contributed by atoms with Gasteiger partial charge in [-0.2, -0.15) is 0 Å². The van der Waals surface area contributed by atoms with Gasteiger partial charge in [-0.1, -0.05) is 19.4 Å². The summed E-state index contributed by atoms with van der Waals surface area (Å²) in [6, 6.07) is 6.07. The molecule has 0 N–H and O–H groups in total. The van der Waals surface area contributed by atoms with Gasteiger partial charge in [0.25, 0.3) is 0 Å². The predicted octanol–water partition coefficient (Wildman–Crippen LogP) is 3.28. The molecule has 20 heavy (non-hydrogen) atoms. The molecular weight excluding hydrogens is 256 g/mol. The second-order valence-corrected chi connectivity index (χ2v) is 5.68. The molecule has 0 aromatic heterocycles. The van der Waals surface area contributed by atoms with Gasteiger partial charge in [-0.25, -0.2) is 0 Å². The molecule has 0 aliphatic carbocycles. The average Bonchev–Trinajstić information content (AvgIpc) is 3.04. The van der Waals surface area contributed by atoms with Gasteiger partial charge in [-0.15, -0.1) is 0 Å². The van der Waals surface area contributed by atoms with E-state index >= 15 is 0 Å². The van der Waals surface area contributed by atoms with Crippen molar-refractivity contribution in [1.29, 1.82) is 0 Å². The van der Waals surface area contributed by atoms with Crippen LogP contribution in [0.15, 0.2) is 18.2 Å². The summed E-state index contributed by atoms with van der Waals surface area (Å²) in [7, 11) is 0. The molecule has 1 aromatic rings. The molecule has 110 valence electrons. The third-order valence-electron chi connectivity index (χ3n) is 3.88. The minimum Gasteiger partial charge on any atom is -0.454 e. The van der Waals surface area contributed by atoms with Gasteiger partial charge in [0.1, 0.15) is 0 Å². The van der Waals surface area contributed by atoms with E-state index in [1.807, 2.05) is 19.1 Å². The highest BCUT2D eigenvalue weighted by molar-refractivity contribution is 5.44. The Kier molecular flexibility index (Phi) is 3.85. The molecule has 0 bridgehead atoms. The van der Waals surface area contributed by atoms with Crippen molar-refractivity contribution in [3.05, 3.63) is 23.8 Å². The summed E-state index contributed by atoms with van der Waals surface area (Å²) in [6.45, 7) is 5.20. The van der Waals surface area contributed by atoms with Gasteiger partial charge in [0.05, 0.1) is 12.7 Å². The van der Waals surface area contributed by atoms with Crippen molar-refractivity contribution in [2.24, 2.45) is 0 Å². The van der Waals surface area contributed by atoms with Crippen molar-refractivity contribution in [3.8, 4) is 11.5 Å². The Bertz CT molecular complexity index is 474. The number of hydrogen-bond donors (Lipinski definition) is 0.